The molecule has 0 saturated carbocycles. The first-order valence-electron chi connectivity index (χ1n) is 10.3. The number of hydrogen-bond acceptors (Lipinski definition) is 4. The topological polar surface area (TPSA) is 85.8 Å². The highest BCUT2D eigenvalue weighted by atomic mass is 127. The zero-order valence-corrected chi connectivity index (χ0v) is 20.8. The molecule has 166 valence electrons. The molecule has 0 amide bonds. The second-order valence-corrected chi connectivity index (χ2v) is 9.17. The number of benzene rings is 1. The molecule has 0 aliphatic carbocycles. The van der Waals surface area contributed by atoms with E-state index in [1.807, 2.05) is 6.92 Å². The van der Waals surface area contributed by atoms with E-state index in [0.717, 1.165) is 19.0 Å². The van der Waals surface area contributed by atoms with Gasteiger partial charge in [-0.15, -0.1) is 24.0 Å². The summed E-state index contributed by atoms with van der Waals surface area (Å²) in [6.45, 7) is 9.61. The zero-order valence-electron chi connectivity index (χ0n) is 17.6. The Labute approximate surface area is 193 Å². The molecule has 0 bridgehead atoms. The van der Waals surface area contributed by atoms with Crippen molar-refractivity contribution in [1.82, 2.24) is 20.3 Å². The number of hydrogen-bond donors (Lipinski definition) is 3. The van der Waals surface area contributed by atoms with Crippen molar-refractivity contribution in [3.05, 3.63) is 35.4 Å². The largest absolute Gasteiger partial charge is 0.357 e. The minimum absolute atomic E-state index is 0. The van der Waals surface area contributed by atoms with Crippen molar-refractivity contribution in [1.29, 1.82) is 0 Å². The van der Waals surface area contributed by atoms with Gasteiger partial charge in [-0.2, -0.15) is 0 Å². The van der Waals surface area contributed by atoms with Crippen LogP contribution >= 0.6 is 24.0 Å². The number of guanidine groups is 1. The van der Waals surface area contributed by atoms with Gasteiger partial charge in [0.15, 0.2) is 5.96 Å². The molecule has 0 aromatic heterocycles. The first-order valence-corrected chi connectivity index (χ1v) is 12.0. The average molecular weight is 538 g/mol. The van der Waals surface area contributed by atoms with Crippen molar-refractivity contribution in [2.24, 2.45) is 4.99 Å². The van der Waals surface area contributed by atoms with Gasteiger partial charge in [-0.3, -0.25) is 4.90 Å². The zero-order chi connectivity index (χ0) is 20.2. The van der Waals surface area contributed by atoms with E-state index in [4.69, 9.17) is 0 Å². The molecule has 1 aliphatic rings. The fourth-order valence-electron chi connectivity index (χ4n) is 3.09. The van der Waals surface area contributed by atoms with E-state index in [0.29, 0.717) is 26.1 Å². The Hall–Kier alpha value is -0.910. The number of nitrogens with zero attached hydrogens (tertiary/aromatic N) is 2. The summed E-state index contributed by atoms with van der Waals surface area (Å²) in [6, 6.07) is 8.70. The van der Waals surface area contributed by atoms with Crippen LogP contribution in [0.1, 0.15) is 44.2 Å². The first-order chi connectivity index (χ1) is 13.5. The van der Waals surface area contributed by atoms with Gasteiger partial charge in [-0.25, -0.2) is 18.1 Å². The normalized spacial score (nSPS) is 15.2. The monoisotopic (exact) mass is 537 g/mol. The lowest BCUT2D eigenvalue weighted by Crippen LogP contribution is -2.38. The molecule has 0 radical (unpaired) electrons. The molecule has 1 aromatic carbocycles. The van der Waals surface area contributed by atoms with E-state index >= 15 is 0 Å². The van der Waals surface area contributed by atoms with E-state index in [2.05, 4.69) is 49.5 Å². The van der Waals surface area contributed by atoms with E-state index in [1.165, 1.54) is 37.1 Å². The Balaban J connectivity index is 0.00000420. The summed E-state index contributed by atoms with van der Waals surface area (Å²) in [5.41, 5.74) is 2.53. The number of rotatable bonds is 11. The van der Waals surface area contributed by atoms with Gasteiger partial charge in [-0.05, 0) is 57.3 Å². The minimum Gasteiger partial charge on any atom is -0.357 e. The Morgan fingerprint density at radius 3 is 2.31 bits per heavy atom. The third kappa shape index (κ3) is 10.6. The quantitative estimate of drug-likeness (QED) is 0.175. The summed E-state index contributed by atoms with van der Waals surface area (Å²) in [5.74, 6) is 0.864. The van der Waals surface area contributed by atoms with Crippen LogP contribution in [0.25, 0.3) is 0 Å². The Bertz CT molecular complexity index is 704. The minimum atomic E-state index is -3.11. The van der Waals surface area contributed by atoms with Crippen LogP contribution in [0.2, 0.25) is 0 Å². The lowest BCUT2D eigenvalue weighted by atomic mass is 10.1. The predicted molar refractivity (Wildman–Crippen MR) is 131 cm³/mol. The molecule has 0 spiro atoms. The van der Waals surface area contributed by atoms with Gasteiger partial charge in [0, 0.05) is 26.2 Å². The lowest BCUT2D eigenvalue weighted by Gasteiger charge is -2.14. The summed E-state index contributed by atoms with van der Waals surface area (Å²) in [5, 5.41) is 6.48. The number of sulfonamides is 1. The molecule has 0 atom stereocenters. The van der Waals surface area contributed by atoms with Crippen LogP contribution in [0, 0.1) is 0 Å². The van der Waals surface area contributed by atoms with E-state index < -0.39 is 10.0 Å². The van der Waals surface area contributed by atoms with Crippen LogP contribution in [0.4, 0.5) is 0 Å². The highest BCUT2D eigenvalue weighted by Crippen LogP contribution is 2.13. The van der Waals surface area contributed by atoms with Crippen molar-refractivity contribution in [2.45, 2.75) is 46.2 Å². The average Bonchev–Trinajstić information content (AvgIpc) is 3.20. The number of halogens is 1. The number of likely N-dealkylation sites (tertiary alicyclic amines) is 1. The molecule has 7 nitrogen and oxygen atoms in total. The van der Waals surface area contributed by atoms with E-state index in [1.54, 1.807) is 6.92 Å². The van der Waals surface area contributed by atoms with Gasteiger partial charge >= 0.3 is 0 Å². The second-order valence-electron chi connectivity index (χ2n) is 7.07. The highest BCUT2D eigenvalue weighted by Gasteiger charge is 2.11. The molecule has 1 saturated heterocycles. The van der Waals surface area contributed by atoms with Crippen LogP contribution in [0.5, 0.6) is 0 Å². The molecule has 1 aromatic rings. The molecular weight excluding hydrogens is 501 g/mol. The van der Waals surface area contributed by atoms with E-state index in [-0.39, 0.29) is 29.7 Å². The molecule has 1 aliphatic heterocycles. The number of aliphatic imine (C=N–C) groups is 1. The third-order valence-electron chi connectivity index (χ3n) is 4.74. The molecule has 0 unspecified atom stereocenters. The highest BCUT2D eigenvalue weighted by molar-refractivity contribution is 14.0. The maximum absolute atomic E-state index is 11.4. The Morgan fingerprint density at radius 2 is 1.69 bits per heavy atom. The van der Waals surface area contributed by atoms with Crippen molar-refractivity contribution in [3.63, 3.8) is 0 Å². The molecule has 2 rings (SSSR count). The van der Waals surface area contributed by atoms with Crippen molar-refractivity contribution < 1.29 is 8.42 Å². The molecule has 9 heteroatoms. The fourth-order valence-corrected chi connectivity index (χ4v) is 3.75. The van der Waals surface area contributed by atoms with Gasteiger partial charge in [-0.1, -0.05) is 24.3 Å². The van der Waals surface area contributed by atoms with Gasteiger partial charge < -0.3 is 10.6 Å². The Morgan fingerprint density at radius 1 is 1.03 bits per heavy atom. The first kappa shape index (κ1) is 26.1. The van der Waals surface area contributed by atoms with Crippen LogP contribution in [0.3, 0.4) is 0 Å². The van der Waals surface area contributed by atoms with Gasteiger partial charge in [0.25, 0.3) is 0 Å². The fraction of sp³-hybridized carbons (Fsp3) is 0.650. The third-order valence-corrected chi connectivity index (χ3v) is 6.14. The molecule has 3 N–H and O–H groups in total. The summed E-state index contributed by atoms with van der Waals surface area (Å²) in [4.78, 5) is 7.13. The van der Waals surface area contributed by atoms with E-state index in [9.17, 15) is 8.42 Å². The maximum Gasteiger partial charge on any atom is 0.211 e. The standard InChI is InChI=1S/C20H35N5O2S.HI/c1-3-21-20(22-12-7-13-24-28(26,27)4-2)23-16-18-8-10-19(11-9-18)17-25-14-5-6-15-25;/h8-11,24H,3-7,12-17H2,1-2H3,(H2,21,22,23);1H. The SMILES string of the molecule is CCNC(=NCc1ccc(CN2CCCC2)cc1)NCCCNS(=O)(=O)CC.I. The summed E-state index contributed by atoms with van der Waals surface area (Å²) in [7, 11) is -3.11. The summed E-state index contributed by atoms with van der Waals surface area (Å²) < 4.78 is 25.4. The van der Waals surface area contributed by atoms with Crippen molar-refractivity contribution in [3.8, 4) is 0 Å². The lowest BCUT2D eigenvalue weighted by molar-refractivity contribution is 0.331. The summed E-state index contributed by atoms with van der Waals surface area (Å²) in [6.07, 6.45) is 3.34. The van der Waals surface area contributed by atoms with Gasteiger partial charge in [0.1, 0.15) is 0 Å². The Kier molecular flexibility index (Phi) is 12.8. The van der Waals surface area contributed by atoms with Crippen LogP contribution in [0.15, 0.2) is 29.3 Å². The number of nitrogens with one attached hydrogen (secondary N) is 3. The molecular formula is C20H36IN5O2S. The van der Waals surface area contributed by atoms with Crippen LogP contribution in [-0.4, -0.2) is 57.8 Å². The van der Waals surface area contributed by atoms with Crippen molar-refractivity contribution >= 4 is 40.0 Å². The molecule has 1 heterocycles. The maximum atomic E-state index is 11.4. The molecule has 1 fully saturated rings. The molecule has 29 heavy (non-hydrogen) atoms. The van der Waals surface area contributed by atoms with Crippen molar-refractivity contribution in [2.75, 3.05) is 38.5 Å². The second kappa shape index (κ2) is 14.2. The van der Waals surface area contributed by atoms with Crippen LogP contribution in [-0.2, 0) is 23.1 Å². The van der Waals surface area contributed by atoms with Crippen LogP contribution < -0.4 is 15.4 Å². The van der Waals surface area contributed by atoms with Gasteiger partial charge in [0.2, 0.25) is 10.0 Å². The predicted octanol–water partition coefficient (Wildman–Crippen LogP) is 2.28. The van der Waals surface area contributed by atoms with Gasteiger partial charge in [0.05, 0.1) is 12.3 Å². The summed E-state index contributed by atoms with van der Waals surface area (Å²) >= 11 is 0. The smallest absolute Gasteiger partial charge is 0.211 e.